The molecule has 0 aromatic rings. The smallest absolute Gasteiger partial charge is 0.184 e. The summed E-state index contributed by atoms with van der Waals surface area (Å²) in [7, 11) is 1.78. The fourth-order valence-corrected chi connectivity index (χ4v) is 1.91. The van der Waals surface area contributed by atoms with Gasteiger partial charge in [0.2, 0.25) is 0 Å². The van der Waals surface area contributed by atoms with Gasteiger partial charge in [-0.3, -0.25) is 0 Å². The van der Waals surface area contributed by atoms with Crippen LogP contribution in [0.25, 0.3) is 0 Å². The number of ether oxygens (including phenoxy) is 1. The summed E-state index contributed by atoms with van der Waals surface area (Å²) in [5.41, 5.74) is 0. The van der Waals surface area contributed by atoms with Gasteiger partial charge in [-0.2, -0.15) is 0 Å². The Labute approximate surface area is 99.0 Å². The molecule has 0 radical (unpaired) electrons. The predicted molar refractivity (Wildman–Crippen MR) is 57.1 cm³/mol. The number of aliphatic hydroxyl groups excluding tert-OH is 4. The van der Waals surface area contributed by atoms with Crippen LogP contribution in [-0.2, 0) is 4.74 Å². The van der Waals surface area contributed by atoms with Gasteiger partial charge >= 0.3 is 0 Å². The maximum absolute atomic E-state index is 9.64. The molecule has 4 N–H and O–H groups in total. The van der Waals surface area contributed by atoms with E-state index in [-0.39, 0.29) is 0 Å². The van der Waals surface area contributed by atoms with E-state index in [1.54, 1.807) is 11.9 Å². The minimum atomic E-state index is -1.48. The zero-order chi connectivity index (χ0) is 12.3. The number of nitrogens with zero attached hydrogens (tertiary/aromatic N) is 1. The Balaban J connectivity index is 2.53. The van der Waals surface area contributed by atoms with E-state index in [0.29, 0.717) is 19.0 Å². The van der Waals surface area contributed by atoms with E-state index in [2.05, 4.69) is 0 Å². The molecular formula is C9H18ClNO5. The standard InChI is InChI=1S/C9H18ClNO5/c1-11(3-2-10)4-5-6(12)7(13)8(14)9(15)16-5/h5-9,12-15H,2-4H2,1H3/t5-,6-,7+,8-,9?/m1/s1. The van der Waals surface area contributed by atoms with Gasteiger partial charge in [0.1, 0.15) is 24.4 Å². The normalized spacial score (nSPS) is 40.3. The fraction of sp³-hybridized carbons (Fsp3) is 1.00. The molecule has 1 heterocycles. The zero-order valence-corrected chi connectivity index (χ0v) is 9.79. The number of alkyl halides is 1. The number of aliphatic hydroxyl groups is 4. The lowest BCUT2D eigenvalue weighted by Gasteiger charge is -2.39. The summed E-state index contributed by atoms with van der Waals surface area (Å²) >= 11 is 5.55. The van der Waals surface area contributed by atoms with E-state index in [0.717, 1.165) is 0 Å². The first-order valence-electron chi connectivity index (χ1n) is 5.09. The Morgan fingerprint density at radius 2 is 1.75 bits per heavy atom. The number of halogens is 1. The topological polar surface area (TPSA) is 93.4 Å². The van der Waals surface area contributed by atoms with E-state index in [4.69, 9.17) is 16.3 Å². The van der Waals surface area contributed by atoms with Gasteiger partial charge in [-0.1, -0.05) is 0 Å². The predicted octanol–water partition coefficient (Wildman–Crippen LogP) is -2.04. The molecule has 0 aromatic heterocycles. The first-order valence-corrected chi connectivity index (χ1v) is 5.63. The first kappa shape index (κ1) is 14.1. The van der Waals surface area contributed by atoms with Crippen molar-refractivity contribution in [1.82, 2.24) is 4.90 Å². The Bertz CT molecular complexity index is 220. The third-order valence-corrected chi connectivity index (χ3v) is 2.81. The molecule has 0 spiro atoms. The molecule has 0 bridgehead atoms. The highest BCUT2D eigenvalue weighted by atomic mass is 35.5. The summed E-state index contributed by atoms with van der Waals surface area (Å²) in [5, 5.41) is 37.6. The van der Waals surface area contributed by atoms with Crippen molar-refractivity contribution in [1.29, 1.82) is 0 Å². The van der Waals surface area contributed by atoms with Gasteiger partial charge in [0.05, 0.1) is 0 Å². The van der Waals surface area contributed by atoms with Gasteiger partial charge in [0, 0.05) is 19.0 Å². The third kappa shape index (κ3) is 3.27. The highest BCUT2D eigenvalue weighted by molar-refractivity contribution is 6.18. The molecule has 1 rings (SSSR count). The lowest BCUT2D eigenvalue weighted by Crippen LogP contribution is -2.59. The summed E-state index contributed by atoms with van der Waals surface area (Å²) in [4.78, 5) is 1.80. The molecule has 16 heavy (non-hydrogen) atoms. The summed E-state index contributed by atoms with van der Waals surface area (Å²) in [6.07, 6.45) is -6.34. The van der Waals surface area contributed by atoms with Crippen LogP contribution < -0.4 is 0 Å². The molecule has 7 heteroatoms. The summed E-state index contributed by atoms with van der Waals surface area (Å²) in [5.74, 6) is 0.438. The lowest BCUT2D eigenvalue weighted by molar-refractivity contribution is -0.283. The zero-order valence-electron chi connectivity index (χ0n) is 9.03. The van der Waals surface area contributed by atoms with Crippen LogP contribution in [0.15, 0.2) is 0 Å². The van der Waals surface area contributed by atoms with E-state index in [1.807, 2.05) is 0 Å². The Hall–Kier alpha value is 0.0500. The molecule has 1 aliphatic rings. The average Bonchev–Trinajstić information content (AvgIpc) is 2.23. The number of rotatable bonds is 4. The quantitative estimate of drug-likeness (QED) is 0.433. The van der Waals surface area contributed by atoms with E-state index in [1.165, 1.54) is 0 Å². The van der Waals surface area contributed by atoms with Crippen molar-refractivity contribution in [2.24, 2.45) is 0 Å². The van der Waals surface area contributed by atoms with Crippen molar-refractivity contribution in [2.45, 2.75) is 30.7 Å². The molecular weight excluding hydrogens is 238 g/mol. The SMILES string of the molecule is CN(CCCl)C[C@H]1OC(O)[C@H](O)[C@@H](O)[C@@H]1O. The monoisotopic (exact) mass is 255 g/mol. The van der Waals surface area contributed by atoms with Gasteiger partial charge in [-0.05, 0) is 7.05 Å². The van der Waals surface area contributed by atoms with Crippen LogP contribution in [-0.4, -0.2) is 82.0 Å². The van der Waals surface area contributed by atoms with Crippen LogP contribution in [0.1, 0.15) is 0 Å². The van der Waals surface area contributed by atoms with Crippen molar-refractivity contribution in [3.05, 3.63) is 0 Å². The second kappa shape index (κ2) is 6.11. The maximum Gasteiger partial charge on any atom is 0.184 e. The van der Waals surface area contributed by atoms with Crippen molar-refractivity contribution < 1.29 is 25.2 Å². The summed E-state index contributed by atoms with van der Waals surface area (Å²) in [6, 6.07) is 0. The second-order valence-electron chi connectivity index (χ2n) is 3.99. The largest absolute Gasteiger partial charge is 0.388 e. The van der Waals surface area contributed by atoms with E-state index < -0.39 is 30.7 Å². The van der Waals surface area contributed by atoms with E-state index in [9.17, 15) is 20.4 Å². The maximum atomic E-state index is 9.64. The van der Waals surface area contributed by atoms with Crippen LogP contribution in [0.4, 0.5) is 0 Å². The Morgan fingerprint density at radius 3 is 2.31 bits per heavy atom. The van der Waals surface area contributed by atoms with Crippen LogP contribution in [0.3, 0.4) is 0 Å². The Kier molecular flexibility index (Phi) is 5.39. The molecule has 5 atom stereocenters. The highest BCUT2D eigenvalue weighted by Gasteiger charge is 2.43. The molecule has 1 saturated heterocycles. The Morgan fingerprint density at radius 1 is 1.12 bits per heavy atom. The molecule has 6 nitrogen and oxygen atoms in total. The summed E-state index contributed by atoms with van der Waals surface area (Å²) < 4.78 is 5.01. The molecule has 0 aromatic carbocycles. The van der Waals surface area contributed by atoms with Crippen molar-refractivity contribution in [3.63, 3.8) is 0 Å². The number of hydrogen-bond acceptors (Lipinski definition) is 6. The minimum Gasteiger partial charge on any atom is -0.388 e. The van der Waals surface area contributed by atoms with E-state index >= 15 is 0 Å². The number of likely N-dealkylation sites (N-methyl/N-ethyl adjacent to an activating group) is 1. The molecule has 0 saturated carbocycles. The van der Waals surface area contributed by atoms with Gasteiger partial charge in [0.15, 0.2) is 6.29 Å². The van der Waals surface area contributed by atoms with Crippen molar-refractivity contribution in [3.8, 4) is 0 Å². The minimum absolute atomic E-state index is 0.314. The van der Waals surface area contributed by atoms with Gasteiger partial charge in [-0.25, -0.2) is 0 Å². The van der Waals surface area contributed by atoms with Crippen LogP contribution >= 0.6 is 11.6 Å². The lowest BCUT2D eigenvalue weighted by atomic mass is 9.99. The van der Waals surface area contributed by atoms with Crippen LogP contribution in [0.2, 0.25) is 0 Å². The van der Waals surface area contributed by atoms with Gasteiger partial charge < -0.3 is 30.1 Å². The molecule has 1 unspecified atom stereocenters. The average molecular weight is 256 g/mol. The van der Waals surface area contributed by atoms with Crippen molar-refractivity contribution in [2.75, 3.05) is 26.0 Å². The van der Waals surface area contributed by atoms with Gasteiger partial charge in [0.25, 0.3) is 0 Å². The van der Waals surface area contributed by atoms with Gasteiger partial charge in [-0.15, -0.1) is 11.6 Å². The third-order valence-electron chi connectivity index (χ3n) is 2.64. The highest BCUT2D eigenvalue weighted by Crippen LogP contribution is 2.20. The molecule has 0 aliphatic carbocycles. The second-order valence-corrected chi connectivity index (χ2v) is 4.37. The summed E-state index contributed by atoms with van der Waals surface area (Å²) in [6.45, 7) is 0.914. The molecule has 0 amide bonds. The molecule has 1 aliphatic heterocycles. The number of hydrogen-bond donors (Lipinski definition) is 4. The molecule has 1 fully saturated rings. The fourth-order valence-electron chi connectivity index (χ4n) is 1.62. The van der Waals surface area contributed by atoms with Crippen molar-refractivity contribution >= 4 is 11.6 Å². The first-order chi connectivity index (χ1) is 7.47. The van der Waals surface area contributed by atoms with Crippen LogP contribution in [0.5, 0.6) is 0 Å². The van der Waals surface area contributed by atoms with Crippen LogP contribution in [0, 0.1) is 0 Å². The molecule has 96 valence electrons.